The molecule has 1 fully saturated rings. The maximum atomic E-state index is 13.3. The molecule has 2 heterocycles. The summed E-state index contributed by atoms with van der Waals surface area (Å²) in [6, 6.07) is 27.0. The van der Waals surface area contributed by atoms with Crippen LogP contribution in [-0.2, 0) is 9.59 Å². The largest absolute Gasteiger partial charge is 0.481 e. The molecule has 186 valence electrons. The van der Waals surface area contributed by atoms with E-state index in [0.29, 0.717) is 0 Å². The van der Waals surface area contributed by atoms with Crippen molar-refractivity contribution in [2.45, 2.75) is 12.8 Å². The van der Waals surface area contributed by atoms with Crippen molar-refractivity contribution in [3.8, 4) is 16.8 Å². The van der Waals surface area contributed by atoms with Gasteiger partial charge in [-0.05, 0) is 34.9 Å². The summed E-state index contributed by atoms with van der Waals surface area (Å²) in [6.45, 7) is 1.69. The fourth-order valence-electron chi connectivity index (χ4n) is 4.61. The SMILES string of the molecule is CC(=O)Nc1cn(-c2ccccc2)nc1C(=O)N1C[C@H](C(=O)O)[C@@H](c2ccccc2)C1.c1cc2cc-2c1. The third-order valence-electron chi connectivity index (χ3n) is 6.51. The van der Waals surface area contributed by atoms with Crippen LogP contribution in [0.1, 0.15) is 28.9 Å². The fourth-order valence-corrected chi connectivity index (χ4v) is 4.61. The number of aromatic nitrogens is 2. The first kappa shape index (κ1) is 24.0. The quantitative estimate of drug-likeness (QED) is 0.376. The molecule has 2 aromatic carbocycles. The van der Waals surface area contributed by atoms with E-state index in [1.807, 2.05) is 60.7 Å². The number of amides is 2. The molecule has 1 aromatic heterocycles. The molecule has 8 heteroatoms. The van der Waals surface area contributed by atoms with Crippen molar-refractivity contribution in [1.82, 2.24) is 14.7 Å². The standard InChI is InChI=1S/C23H22N4O4.C6H4/c1-15(28)24-20-14-27(17-10-6-3-7-11-17)25-21(20)22(29)26-12-18(19(13-26)23(30)31)16-8-4-2-5-9-16;1-2-5-4-6(5)3-1/h2-11,14,18-19H,12-13H2,1H3,(H,24,28)(H,30,31);1-4H/t18-,19+;/m1./s1. The van der Waals surface area contributed by atoms with Gasteiger partial charge in [0.15, 0.2) is 5.69 Å². The zero-order chi connectivity index (χ0) is 25.9. The minimum atomic E-state index is -0.943. The molecule has 2 N–H and O–H groups in total. The Hall–Kier alpha value is -4.72. The molecular formula is C29H26N4O4. The van der Waals surface area contributed by atoms with Gasteiger partial charge in [-0.15, -0.1) is 0 Å². The molecule has 0 bridgehead atoms. The Labute approximate surface area is 214 Å². The molecule has 2 aliphatic carbocycles. The molecule has 3 aliphatic rings. The molecule has 0 radical (unpaired) electrons. The summed E-state index contributed by atoms with van der Waals surface area (Å²) in [5.41, 5.74) is 4.83. The van der Waals surface area contributed by atoms with Gasteiger partial charge in [0.25, 0.3) is 5.91 Å². The Morgan fingerprint density at radius 1 is 0.892 bits per heavy atom. The summed E-state index contributed by atoms with van der Waals surface area (Å²) in [7, 11) is 0. The Balaban J connectivity index is 0.000000403. The van der Waals surface area contributed by atoms with Crippen LogP contribution in [0.15, 0.2) is 91.1 Å². The monoisotopic (exact) mass is 494 g/mol. The van der Waals surface area contributed by atoms with Crippen molar-refractivity contribution in [1.29, 1.82) is 0 Å². The highest BCUT2D eigenvalue weighted by Gasteiger charge is 2.41. The molecule has 0 saturated carbocycles. The molecule has 8 nitrogen and oxygen atoms in total. The lowest BCUT2D eigenvalue weighted by molar-refractivity contribution is -0.141. The van der Waals surface area contributed by atoms with Crippen LogP contribution in [-0.4, -0.2) is 50.7 Å². The number of nitrogens with zero attached hydrogens (tertiary/aromatic N) is 3. The number of carbonyl (C=O) groups excluding carboxylic acids is 2. The van der Waals surface area contributed by atoms with Gasteiger partial charge in [-0.25, -0.2) is 4.68 Å². The van der Waals surface area contributed by atoms with Gasteiger partial charge >= 0.3 is 5.97 Å². The molecule has 2 amide bonds. The lowest BCUT2D eigenvalue weighted by Gasteiger charge is -2.16. The van der Waals surface area contributed by atoms with Gasteiger partial charge in [0.05, 0.1) is 23.5 Å². The number of carbonyl (C=O) groups is 3. The average Bonchev–Trinajstić information content (AvgIpc) is 3.28. The van der Waals surface area contributed by atoms with E-state index in [1.165, 1.54) is 27.6 Å². The number of nitrogens with one attached hydrogen (secondary N) is 1. The van der Waals surface area contributed by atoms with Crippen molar-refractivity contribution in [2.75, 3.05) is 18.4 Å². The van der Waals surface area contributed by atoms with Gasteiger partial charge in [-0.3, -0.25) is 14.4 Å². The maximum absolute atomic E-state index is 13.3. The second kappa shape index (κ2) is 10.1. The number of likely N-dealkylation sites (tertiary alicyclic amines) is 1. The van der Waals surface area contributed by atoms with Gasteiger partial charge in [0, 0.05) is 25.9 Å². The number of anilines is 1. The van der Waals surface area contributed by atoms with Crippen LogP contribution in [0.5, 0.6) is 0 Å². The first-order valence-electron chi connectivity index (χ1n) is 12.0. The topological polar surface area (TPSA) is 105 Å². The zero-order valence-corrected chi connectivity index (χ0v) is 20.2. The summed E-state index contributed by atoms with van der Waals surface area (Å²) in [5, 5.41) is 16.8. The second-order valence-corrected chi connectivity index (χ2v) is 9.11. The molecule has 0 spiro atoms. The summed E-state index contributed by atoms with van der Waals surface area (Å²) in [6.07, 6.45) is 1.59. The molecule has 1 aliphatic heterocycles. The number of rotatable bonds is 5. The highest BCUT2D eigenvalue weighted by molar-refractivity contribution is 6.02. The van der Waals surface area contributed by atoms with Crippen LogP contribution in [0.25, 0.3) is 16.8 Å². The molecule has 0 unspecified atom stereocenters. The number of hydrogen-bond donors (Lipinski definition) is 2. The number of carboxylic acid groups (broad SMARTS) is 1. The van der Waals surface area contributed by atoms with Crippen LogP contribution in [0, 0.1) is 5.92 Å². The number of aliphatic carboxylic acids is 1. The van der Waals surface area contributed by atoms with Gasteiger partial charge in [0.1, 0.15) is 0 Å². The normalized spacial score (nSPS) is 16.9. The number of fused-ring (bicyclic) bond motifs is 1. The molecule has 2 atom stereocenters. The zero-order valence-electron chi connectivity index (χ0n) is 20.2. The van der Waals surface area contributed by atoms with E-state index >= 15 is 0 Å². The Morgan fingerprint density at radius 2 is 1.54 bits per heavy atom. The predicted molar refractivity (Wildman–Crippen MR) is 140 cm³/mol. The van der Waals surface area contributed by atoms with Gasteiger partial charge in [-0.1, -0.05) is 66.7 Å². The minimum absolute atomic E-state index is 0.0748. The van der Waals surface area contributed by atoms with Crippen LogP contribution < -0.4 is 5.32 Å². The van der Waals surface area contributed by atoms with E-state index in [9.17, 15) is 19.5 Å². The molecular weight excluding hydrogens is 468 g/mol. The van der Waals surface area contributed by atoms with Crippen LogP contribution in [0.4, 0.5) is 5.69 Å². The van der Waals surface area contributed by atoms with Crippen LogP contribution >= 0.6 is 0 Å². The average molecular weight is 495 g/mol. The number of para-hydroxylation sites is 1. The number of hydrogen-bond acceptors (Lipinski definition) is 4. The highest BCUT2D eigenvalue weighted by atomic mass is 16.4. The van der Waals surface area contributed by atoms with E-state index in [0.717, 1.165) is 11.3 Å². The smallest absolute Gasteiger partial charge is 0.308 e. The van der Waals surface area contributed by atoms with Crippen molar-refractivity contribution in [2.24, 2.45) is 5.92 Å². The summed E-state index contributed by atoms with van der Waals surface area (Å²) in [5.74, 6) is -2.72. The van der Waals surface area contributed by atoms with E-state index in [1.54, 1.807) is 6.20 Å². The fraction of sp³-hybridized carbons (Fsp3) is 0.172. The van der Waals surface area contributed by atoms with Gasteiger partial charge < -0.3 is 15.3 Å². The van der Waals surface area contributed by atoms with Crippen LogP contribution in [0.3, 0.4) is 0 Å². The third-order valence-corrected chi connectivity index (χ3v) is 6.51. The molecule has 1 saturated heterocycles. The highest BCUT2D eigenvalue weighted by Crippen LogP contribution is 2.34. The van der Waals surface area contributed by atoms with E-state index in [2.05, 4.69) is 34.7 Å². The lowest BCUT2D eigenvalue weighted by Crippen LogP contribution is -2.31. The van der Waals surface area contributed by atoms with Crippen molar-refractivity contribution in [3.05, 3.63) is 102 Å². The molecule has 6 rings (SSSR count). The van der Waals surface area contributed by atoms with Gasteiger partial charge in [0.2, 0.25) is 5.91 Å². The number of carboxylic acids is 1. The van der Waals surface area contributed by atoms with E-state index < -0.39 is 17.8 Å². The van der Waals surface area contributed by atoms with Gasteiger partial charge in [-0.2, -0.15) is 5.10 Å². The first-order valence-corrected chi connectivity index (χ1v) is 12.0. The number of benzene rings is 3. The lowest BCUT2D eigenvalue weighted by atomic mass is 9.89. The van der Waals surface area contributed by atoms with Crippen molar-refractivity contribution >= 4 is 23.5 Å². The summed E-state index contributed by atoms with van der Waals surface area (Å²) < 4.78 is 1.53. The summed E-state index contributed by atoms with van der Waals surface area (Å²) in [4.78, 5) is 38.4. The Bertz CT molecular complexity index is 1430. The first-order chi connectivity index (χ1) is 17.9. The van der Waals surface area contributed by atoms with Crippen molar-refractivity contribution in [3.63, 3.8) is 0 Å². The second-order valence-electron chi connectivity index (χ2n) is 9.11. The van der Waals surface area contributed by atoms with Crippen LogP contribution in [0.2, 0.25) is 0 Å². The predicted octanol–water partition coefficient (Wildman–Crippen LogP) is 4.44. The van der Waals surface area contributed by atoms with E-state index in [-0.39, 0.29) is 36.3 Å². The maximum Gasteiger partial charge on any atom is 0.308 e. The molecule has 37 heavy (non-hydrogen) atoms. The Morgan fingerprint density at radius 3 is 2.08 bits per heavy atom. The van der Waals surface area contributed by atoms with E-state index in [4.69, 9.17) is 0 Å². The third kappa shape index (κ3) is 5.28. The Kier molecular flexibility index (Phi) is 6.55. The summed E-state index contributed by atoms with van der Waals surface area (Å²) >= 11 is 0. The van der Waals surface area contributed by atoms with Crippen molar-refractivity contribution < 1.29 is 19.5 Å². The molecule has 3 aromatic rings. The minimum Gasteiger partial charge on any atom is -0.481 e.